The van der Waals surface area contributed by atoms with E-state index in [-0.39, 0.29) is 12.1 Å². The number of aromatic nitrogens is 1. The Kier molecular flexibility index (Phi) is 4.05. The molecular formula is C19H16BrN3O2. The molecule has 0 saturated carbocycles. The highest BCUT2D eigenvalue weighted by Gasteiger charge is 2.38. The average molecular weight is 398 g/mol. The number of carbonyl (C=O) groups is 1. The second-order valence-corrected chi connectivity index (χ2v) is 6.81. The molecule has 1 N–H and O–H groups in total. The SMILES string of the molecule is Cc1cc(N[C@@H]2c3ncccc3C(=O)N2Cc2ccco2)ccc1Br. The molecule has 6 heteroatoms. The van der Waals surface area contributed by atoms with E-state index in [0.717, 1.165) is 27.2 Å². The lowest BCUT2D eigenvalue weighted by Crippen LogP contribution is -2.32. The highest BCUT2D eigenvalue weighted by atomic mass is 79.9. The molecule has 1 aliphatic rings. The van der Waals surface area contributed by atoms with E-state index in [1.165, 1.54) is 0 Å². The standard InChI is InChI=1S/C19H16BrN3O2/c1-12-10-13(6-7-16(12)20)22-18-17-15(5-2-8-21-17)19(24)23(18)11-14-4-3-9-25-14/h2-10,18,22H,11H2,1H3/t18-/m0/s1. The van der Waals surface area contributed by atoms with E-state index < -0.39 is 0 Å². The Bertz CT molecular complexity index is 924. The largest absolute Gasteiger partial charge is 0.467 e. The number of carbonyl (C=O) groups excluding carboxylic acids is 1. The Hall–Kier alpha value is -2.60. The van der Waals surface area contributed by atoms with Crippen LogP contribution in [0.25, 0.3) is 0 Å². The summed E-state index contributed by atoms with van der Waals surface area (Å²) < 4.78 is 6.48. The number of nitrogens with one attached hydrogen (secondary N) is 1. The van der Waals surface area contributed by atoms with Crippen LogP contribution in [-0.2, 0) is 6.54 Å². The van der Waals surface area contributed by atoms with Crippen molar-refractivity contribution in [1.29, 1.82) is 0 Å². The molecule has 0 aliphatic carbocycles. The molecule has 1 aromatic carbocycles. The second kappa shape index (κ2) is 6.37. The van der Waals surface area contributed by atoms with E-state index in [2.05, 4.69) is 26.2 Å². The van der Waals surface area contributed by atoms with Gasteiger partial charge >= 0.3 is 0 Å². The van der Waals surface area contributed by atoms with E-state index in [0.29, 0.717) is 12.1 Å². The fourth-order valence-corrected chi connectivity index (χ4v) is 3.25. The monoisotopic (exact) mass is 397 g/mol. The van der Waals surface area contributed by atoms with Gasteiger partial charge in [-0.2, -0.15) is 0 Å². The van der Waals surface area contributed by atoms with Gasteiger partial charge in [0.15, 0.2) is 0 Å². The van der Waals surface area contributed by atoms with E-state index in [4.69, 9.17) is 4.42 Å². The predicted molar refractivity (Wildman–Crippen MR) is 98.1 cm³/mol. The first-order valence-corrected chi connectivity index (χ1v) is 8.74. The minimum Gasteiger partial charge on any atom is -0.467 e. The number of anilines is 1. The molecule has 3 heterocycles. The number of pyridine rings is 1. The zero-order chi connectivity index (χ0) is 17.4. The molecule has 0 fully saturated rings. The van der Waals surface area contributed by atoms with Gasteiger partial charge in [-0.15, -0.1) is 0 Å². The molecule has 1 aliphatic heterocycles. The Morgan fingerprint density at radius 2 is 2.16 bits per heavy atom. The first-order chi connectivity index (χ1) is 12.1. The first-order valence-electron chi connectivity index (χ1n) is 7.94. The molecule has 0 unspecified atom stereocenters. The summed E-state index contributed by atoms with van der Waals surface area (Å²) >= 11 is 3.51. The van der Waals surface area contributed by atoms with Crippen LogP contribution in [-0.4, -0.2) is 15.8 Å². The number of amides is 1. The minimum absolute atomic E-state index is 0.0502. The molecule has 5 nitrogen and oxygen atoms in total. The summed E-state index contributed by atoms with van der Waals surface area (Å²) in [6.07, 6.45) is 2.99. The maximum Gasteiger partial charge on any atom is 0.258 e. The maximum absolute atomic E-state index is 12.8. The summed E-state index contributed by atoms with van der Waals surface area (Å²) in [5.41, 5.74) is 3.41. The number of benzene rings is 1. The molecule has 2 aromatic heterocycles. The Labute approximate surface area is 153 Å². The molecule has 1 amide bonds. The van der Waals surface area contributed by atoms with Crippen molar-refractivity contribution < 1.29 is 9.21 Å². The third-order valence-corrected chi connectivity index (χ3v) is 5.16. The zero-order valence-corrected chi connectivity index (χ0v) is 15.2. The summed E-state index contributed by atoms with van der Waals surface area (Å²) in [4.78, 5) is 19.0. The van der Waals surface area contributed by atoms with Gasteiger partial charge < -0.3 is 14.6 Å². The van der Waals surface area contributed by atoms with Crippen LogP contribution < -0.4 is 5.32 Å². The van der Waals surface area contributed by atoms with Crippen molar-refractivity contribution in [2.24, 2.45) is 0 Å². The molecule has 126 valence electrons. The number of rotatable bonds is 4. The van der Waals surface area contributed by atoms with Gasteiger partial charge in [-0.3, -0.25) is 9.78 Å². The van der Waals surface area contributed by atoms with Gasteiger partial charge in [0, 0.05) is 16.4 Å². The van der Waals surface area contributed by atoms with Gasteiger partial charge in [-0.1, -0.05) is 15.9 Å². The van der Waals surface area contributed by atoms with Crippen molar-refractivity contribution in [3.63, 3.8) is 0 Å². The number of fused-ring (bicyclic) bond motifs is 1. The summed E-state index contributed by atoms with van der Waals surface area (Å²) in [6.45, 7) is 2.41. The van der Waals surface area contributed by atoms with Crippen LogP contribution in [0.2, 0.25) is 0 Å². The fraction of sp³-hybridized carbons (Fsp3) is 0.158. The molecule has 1 atom stereocenters. The zero-order valence-electron chi connectivity index (χ0n) is 13.6. The van der Waals surface area contributed by atoms with Crippen LogP contribution in [0.5, 0.6) is 0 Å². The highest BCUT2D eigenvalue weighted by molar-refractivity contribution is 9.10. The number of halogens is 1. The average Bonchev–Trinajstić information content (AvgIpc) is 3.21. The first kappa shape index (κ1) is 15.9. The van der Waals surface area contributed by atoms with E-state index in [1.807, 2.05) is 43.3 Å². The number of aryl methyl sites for hydroxylation is 1. The van der Waals surface area contributed by atoms with Crippen LogP contribution in [0.15, 0.2) is 63.8 Å². The molecule has 4 rings (SSSR count). The van der Waals surface area contributed by atoms with Gasteiger partial charge in [-0.05, 0) is 55.0 Å². The molecule has 0 spiro atoms. The van der Waals surface area contributed by atoms with Crippen LogP contribution in [0.3, 0.4) is 0 Å². The Morgan fingerprint density at radius 3 is 2.92 bits per heavy atom. The van der Waals surface area contributed by atoms with Gasteiger partial charge in [0.25, 0.3) is 5.91 Å². The van der Waals surface area contributed by atoms with Crippen LogP contribution in [0.4, 0.5) is 5.69 Å². The van der Waals surface area contributed by atoms with Crippen molar-refractivity contribution in [2.45, 2.75) is 19.6 Å². The third-order valence-electron chi connectivity index (χ3n) is 4.27. The Balaban J connectivity index is 1.70. The molecular weight excluding hydrogens is 382 g/mol. The normalized spacial score (nSPS) is 16.2. The lowest BCUT2D eigenvalue weighted by molar-refractivity contribution is 0.0714. The molecule has 0 saturated heterocycles. The quantitative estimate of drug-likeness (QED) is 0.703. The van der Waals surface area contributed by atoms with E-state index in [9.17, 15) is 4.79 Å². The number of nitrogens with zero attached hydrogens (tertiary/aromatic N) is 2. The lowest BCUT2D eigenvalue weighted by atomic mass is 10.2. The summed E-state index contributed by atoms with van der Waals surface area (Å²) in [7, 11) is 0. The van der Waals surface area contributed by atoms with Crippen molar-refractivity contribution in [3.8, 4) is 0 Å². The van der Waals surface area contributed by atoms with Crippen molar-refractivity contribution in [3.05, 3.63) is 82.0 Å². The summed E-state index contributed by atoms with van der Waals surface area (Å²) in [6, 6.07) is 13.3. The van der Waals surface area contributed by atoms with E-state index in [1.54, 1.807) is 23.4 Å². The van der Waals surface area contributed by atoms with Gasteiger partial charge in [0.2, 0.25) is 0 Å². The summed E-state index contributed by atoms with van der Waals surface area (Å²) in [5.74, 6) is 0.686. The predicted octanol–water partition coefficient (Wildman–Crippen LogP) is 4.51. The Morgan fingerprint density at radius 1 is 1.28 bits per heavy atom. The van der Waals surface area contributed by atoms with Crippen molar-refractivity contribution in [2.75, 3.05) is 5.32 Å². The number of furan rings is 1. The fourth-order valence-electron chi connectivity index (χ4n) is 3.01. The third kappa shape index (κ3) is 2.93. The molecule has 0 radical (unpaired) electrons. The number of hydrogen-bond donors (Lipinski definition) is 1. The van der Waals surface area contributed by atoms with Gasteiger partial charge in [-0.25, -0.2) is 0 Å². The maximum atomic E-state index is 12.8. The van der Waals surface area contributed by atoms with Crippen LogP contribution >= 0.6 is 15.9 Å². The van der Waals surface area contributed by atoms with Crippen LogP contribution in [0.1, 0.15) is 33.5 Å². The van der Waals surface area contributed by atoms with E-state index >= 15 is 0 Å². The van der Waals surface area contributed by atoms with Crippen LogP contribution in [0, 0.1) is 6.92 Å². The highest BCUT2D eigenvalue weighted by Crippen LogP contribution is 2.34. The minimum atomic E-state index is -0.339. The second-order valence-electron chi connectivity index (χ2n) is 5.96. The van der Waals surface area contributed by atoms with Crippen molar-refractivity contribution in [1.82, 2.24) is 9.88 Å². The smallest absolute Gasteiger partial charge is 0.258 e. The lowest BCUT2D eigenvalue weighted by Gasteiger charge is -2.26. The molecule has 25 heavy (non-hydrogen) atoms. The van der Waals surface area contributed by atoms with Crippen molar-refractivity contribution >= 4 is 27.5 Å². The molecule has 3 aromatic rings. The van der Waals surface area contributed by atoms with Gasteiger partial charge in [0.05, 0.1) is 24.1 Å². The molecule has 0 bridgehead atoms. The number of hydrogen-bond acceptors (Lipinski definition) is 4. The topological polar surface area (TPSA) is 58.4 Å². The van der Waals surface area contributed by atoms with Gasteiger partial charge in [0.1, 0.15) is 11.9 Å². The summed E-state index contributed by atoms with van der Waals surface area (Å²) in [5, 5.41) is 3.44.